The van der Waals surface area contributed by atoms with E-state index in [1.165, 1.54) is 4.90 Å². The molecule has 3 heterocycles. The Labute approximate surface area is 165 Å². The summed E-state index contributed by atoms with van der Waals surface area (Å²) in [4.78, 5) is 40.9. The smallest absolute Gasteiger partial charge is 0.312 e. The van der Waals surface area contributed by atoms with Crippen LogP contribution in [-0.2, 0) is 23.9 Å². The van der Waals surface area contributed by atoms with Gasteiger partial charge in [0.1, 0.15) is 17.6 Å². The van der Waals surface area contributed by atoms with Gasteiger partial charge in [0.25, 0.3) is 0 Å². The van der Waals surface area contributed by atoms with Crippen molar-refractivity contribution in [3.63, 3.8) is 0 Å². The van der Waals surface area contributed by atoms with Gasteiger partial charge in [-0.3, -0.25) is 14.4 Å². The summed E-state index contributed by atoms with van der Waals surface area (Å²) in [6.45, 7) is 7.82. The van der Waals surface area contributed by atoms with E-state index in [9.17, 15) is 19.5 Å². The predicted octanol–water partition coefficient (Wildman–Crippen LogP) is 0.611. The highest BCUT2D eigenvalue weighted by atomic mass is 16.6. The molecule has 158 valence electrons. The molecule has 2 N–H and O–H groups in total. The number of rotatable bonds is 8. The molecule has 28 heavy (non-hydrogen) atoms. The summed E-state index contributed by atoms with van der Waals surface area (Å²) in [7, 11) is 0. The first-order valence-electron chi connectivity index (χ1n) is 10.4. The van der Waals surface area contributed by atoms with Gasteiger partial charge in [-0.25, -0.2) is 0 Å². The number of ether oxygens (including phenoxy) is 2. The molecule has 3 aliphatic heterocycles. The number of likely N-dealkylation sites (tertiary alicyclic amines) is 1. The molecule has 0 radical (unpaired) electrons. The molecule has 8 nitrogen and oxygen atoms in total. The summed E-state index contributed by atoms with van der Waals surface area (Å²) in [5.74, 6) is -2.35. The Bertz CT molecular complexity index is 653. The third kappa shape index (κ3) is 2.92. The third-order valence-corrected chi connectivity index (χ3v) is 6.46. The normalized spacial score (nSPS) is 36.1. The molecule has 1 spiro atoms. The van der Waals surface area contributed by atoms with Crippen LogP contribution in [0.15, 0.2) is 0 Å². The zero-order valence-corrected chi connectivity index (χ0v) is 17.2. The molecule has 3 fully saturated rings. The van der Waals surface area contributed by atoms with Crippen LogP contribution in [0.1, 0.15) is 53.4 Å². The largest absolute Gasteiger partial charge is 0.466 e. The van der Waals surface area contributed by atoms with E-state index in [1.54, 1.807) is 6.92 Å². The molecule has 2 unspecified atom stereocenters. The van der Waals surface area contributed by atoms with E-state index >= 15 is 0 Å². The van der Waals surface area contributed by atoms with E-state index in [2.05, 4.69) is 5.32 Å². The van der Waals surface area contributed by atoms with Crippen molar-refractivity contribution >= 4 is 17.8 Å². The van der Waals surface area contributed by atoms with Crippen molar-refractivity contribution in [2.45, 2.75) is 76.7 Å². The van der Waals surface area contributed by atoms with Crippen LogP contribution in [0, 0.1) is 11.8 Å². The van der Waals surface area contributed by atoms with Crippen LogP contribution in [0.25, 0.3) is 0 Å². The molecule has 0 aromatic carbocycles. The quantitative estimate of drug-likeness (QED) is 0.583. The summed E-state index contributed by atoms with van der Waals surface area (Å²) < 4.78 is 11.8. The fraction of sp³-hybridized carbons (Fsp3) is 0.850. The average molecular weight is 396 g/mol. The van der Waals surface area contributed by atoms with Crippen LogP contribution < -0.4 is 5.32 Å². The Balaban J connectivity index is 2.05. The van der Waals surface area contributed by atoms with Gasteiger partial charge in [-0.05, 0) is 46.5 Å². The van der Waals surface area contributed by atoms with Crippen molar-refractivity contribution in [3.05, 3.63) is 0 Å². The van der Waals surface area contributed by atoms with Gasteiger partial charge in [-0.15, -0.1) is 0 Å². The second-order valence-electron chi connectivity index (χ2n) is 8.36. The average Bonchev–Trinajstić information content (AvgIpc) is 3.23. The van der Waals surface area contributed by atoms with Crippen molar-refractivity contribution in [2.75, 3.05) is 19.8 Å². The topological polar surface area (TPSA) is 105 Å². The van der Waals surface area contributed by atoms with Crippen LogP contribution in [-0.4, -0.2) is 70.8 Å². The van der Waals surface area contributed by atoms with Gasteiger partial charge in [0.15, 0.2) is 0 Å². The number of hydrogen-bond acceptors (Lipinski definition) is 6. The number of carbonyl (C=O) groups excluding carboxylic acids is 3. The van der Waals surface area contributed by atoms with Crippen LogP contribution >= 0.6 is 0 Å². The van der Waals surface area contributed by atoms with E-state index in [1.807, 2.05) is 20.8 Å². The van der Waals surface area contributed by atoms with Crippen molar-refractivity contribution in [2.24, 2.45) is 11.8 Å². The number of amides is 2. The molecule has 3 aliphatic rings. The van der Waals surface area contributed by atoms with Gasteiger partial charge >= 0.3 is 5.97 Å². The van der Waals surface area contributed by atoms with Gasteiger partial charge in [-0.1, -0.05) is 6.92 Å². The number of nitrogens with one attached hydrogen (secondary N) is 1. The molecule has 3 rings (SSSR count). The first-order chi connectivity index (χ1) is 13.3. The fourth-order valence-electron chi connectivity index (χ4n) is 5.45. The maximum Gasteiger partial charge on any atom is 0.312 e. The number of aliphatic hydroxyl groups is 1. The minimum atomic E-state index is -1.01. The molecular weight excluding hydrogens is 364 g/mol. The minimum absolute atomic E-state index is 0.0823. The maximum absolute atomic E-state index is 13.4. The molecule has 2 bridgehead atoms. The van der Waals surface area contributed by atoms with Crippen molar-refractivity contribution in [3.8, 4) is 0 Å². The zero-order valence-electron chi connectivity index (χ0n) is 17.2. The van der Waals surface area contributed by atoms with E-state index in [4.69, 9.17) is 9.47 Å². The Morgan fingerprint density at radius 3 is 2.64 bits per heavy atom. The standard InChI is InChI=1S/C20H32N2O6/c1-5-19-8-9-20(28-19)13(14(19)18(26)27-6-2)17(25)22(10-7-11-23)15(20)16(24)21-12(3)4/h12-15,23H,5-11H2,1-4H3,(H,21,24)/t13-,14-,15?,19+,20?/m0/s1. The molecule has 0 saturated carbocycles. The highest BCUT2D eigenvalue weighted by Crippen LogP contribution is 2.64. The monoisotopic (exact) mass is 396 g/mol. The number of aliphatic hydroxyl groups excluding tert-OH is 1. The summed E-state index contributed by atoms with van der Waals surface area (Å²) >= 11 is 0. The second kappa shape index (κ2) is 7.63. The van der Waals surface area contributed by atoms with Gasteiger partial charge in [0.05, 0.1) is 18.1 Å². The zero-order chi connectivity index (χ0) is 20.7. The van der Waals surface area contributed by atoms with Crippen molar-refractivity contribution in [1.82, 2.24) is 10.2 Å². The van der Waals surface area contributed by atoms with E-state index in [0.29, 0.717) is 25.7 Å². The third-order valence-electron chi connectivity index (χ3n) is 6.46. The lowest BCUT2D eigenvalue weighted by molar-refractivity contribution is -0.160. The summed E-state index contributed by atoms with van der Waals surface area (Å²) in [6.07, 6.45) is 2.12. The van der Waals surface area contributed by atoms with E-state index < -0.39 is 35.0 Å². The van der Waals surface area contributed by atoms with Crippen molar-refractivity contribution < 1.29 is 29.0 Å². The highest BCUT2D eigenvalue weighted by molar-refractivity contribution is 5.98. The van der Waals surface area contributed by atoms with Gasteiger partial charge in [-0.2, -0.15) is 0 Å². The molecule has 3 saturated heterocycles. The SMILES string of the molecule is CCOC(=O)[C@@H]1[C@H]2C(=O)N(CCCO)C(C(=O)NC(C)C)C23CC[C@@]1(CC)O3. The van der Waals surface area contributed by atoms with Gasteiger partial charge in [0.2, 0.25) is 11.8 Å². The molecule has 2 amide bonds. The predicted molar refractivity (Wildman–Crippen MR) is 100 cm³/mol. The number of hydrogen-bond donors (Lipinski definition) is 2. The van der Waals surface area contributed by atoms with E-state index in [0.717, 1.165) is 0 Å². The van der Waals surface area contributed by atoms with Crippen molar-refractivity contribution in [1.29, 1.82) is 0 Å². The van der Waals surface area contributed by atoms with Crippen LogP contribution in [0.3, 0.4) is 0 Å². The summed E-state index contributed by atoms with van der Waals surface area (Å²) in [6, 6.07) is -0.885. The molecule has 8 heteroatoms. The Morgan fingerprint density at radius 1 is 1.36 bits per heavy atom. The number of nitrogens with zero attached hydrogens (tertiary/aromatic N) is 1. The maximum atomic E-state index is 13.4. The summed E-state index contributed by atoms with van der Waals surface area (Å²) in [5.41, 5.74) is -1.77. The Morgan fingerprint density at radius 2 is 2.07 bits per heavy atom. The molecule has 5 atom stereocenters. The number of carbonyl (C=O) groups is 3. The Kier molecular flexibility index (Phi) is 5.74. The van der Waals surface area contributed by atoms with Crippen LogP contribution in [0.2, 0.25) is 0 Å². The number of fused-ring (bicyclic) bond motifs is 1. The lowest BCUT2D eigenvalue weighted by Crippen LogP contribution is -2.56. The second-order valence-corrected chi connectivity index (χ2v) is 8.36. The van der Waals surface area contributed by atoms with E-state index in [-0.39, 0.29) is 37.6 Å². The molecule has 0 aromatic heterocycles. The van der Waals surface area contributed by atoms with Gasteiger partial charge < -0.3 is 24.8 Å². The lowest BCUT2D eigenvalue weighted by Gasteiger charge is -2.34. The summed E-state index contributed by atoms with van der Waals surface area (Å²) in [5, 5.41) is 12.2. The minimum Gasteiger partial charge on any atom is -0.466 e. The van der Waals surface area contributed by atoms with Crippen LogP contribution in [0.5, 0.6) is 0 Å². The molecular formula is C20H32N2O6. The molecule has 0 aliphatic carbocycles. The van der Waals surface area contributed by atoms with Crippen LogP contribution in [0.4, 0.5) is 0 Å². The Hall–Kier alpha value is -1.67. The fourth-order valence-corrected chi connectivity index (χ4v) is 5.45. The first kappa shape index (κ1) is 21.0. The number of esters is 1. The lowest BCUT2D eigenvalue weighted by atomic mass is 9.65. The molecule has 0 aromatic rings. The first-order valence-corrected chi connectivity index (χ1v) is 10.4. The van der Waals surface area contributed by atoms with Gasteiger partial charge in [0, 0.05) is 19.2 Å². The highest BCUT2D eigenvalue weighted by Gasteiger charge is 2.78.